The Morgan fingerprint density at radius 2 is 1.82 bits per heavy atom. The second kappa shape index (κ2) is 9.87. The minimum atomic E-state index is -3.87. The molecule has 0 spiro atoms. The van der Waals surface area contributed by atoms with E-state index in [1.54, 1.807) is 29.2 Å². The zero-order chi connectivity index (χ0) is 23.6. The van der Waals surface area contributed by atoms with Gasteiger partial charge in [-0.15, -0.1) is 0 Å². The van der Waals surface area contributed by atoms with Crippen LogP contribution in [-0.4, -0.2) is 69.9 Å². The van der Waals surface area contributed by atoms with Gasteiger partial charge in [-0.05, 0) is 43.2 Å². The Morgan fingerprint density at radius 3 is 2.52 bits per heavy atom. The molecule has 1 amide bonds. The first-order valence-corrected chi connectivity index (χ1v) is 12.7. The van der Waals surface area contributed by atoms with E-state index >= 15 is 0 Å². The summed E-state index contributed by atoms with van der Waals surface area (Å²) in [5.41, 5.74) is 0.537. The van der Waals surface area contributed by atoms with Crippen LogP contribution in [0.1, 0.15) is 12.8 Å². The summed E-state index contributed by atoms with van der Waals surface area (Å²) in [6.07, 6.45) is 1.22. The Morgan fingerprint density at radius 1 is 1.09 bits per heavy atom. The van der Waals surface area contributed by atoms with Crippen LogP contribution in [0.15, 0.2) is 47.4 Å². The van der Waals surface area contributed by atoms with Crippen molar-refractivity contribution in [3.63, 3.8) is 0 Å². The van der Waals surface area contributed by atoms with Gasteiger partial charge >= 0.3 is 0 Å². The molecule has 2 aromatic rings. The smallest absolute Gasteiger partial charge is 0.246 e. The van der Waals surface area contributed by atoms with Crippen molar-refractivity contribution in [3.8, 4) is 5.75 Å². The minimum absolute atomic E-state index is 0.00380. The fourth-order valence-electron chi connectivity index (χ4n) is 4.49. The van der Waals surface area contributed by atoms with Crippen molar-refractivity contribution in [1.29, 1.82) is 0 Å². The second-order valence-electron chi connectivity index (χ2n) is 8.26. The van der Waals surface area contributed by atoms with E-state index in [2.05, 4.69) is 0 Å². The summed E-state index contributed by atoms with van der Waals surface area (Å²) in [5, 5.41) is 0.298. The third-order valence-corrected chi connectivity index (χ3v) is 8.38. The van der Waals surface area contributed by atoms with Gasteiger partial charge in [-0.2, -0.15) is 4.31 Å². The van der Waals surface area contributed by atoms with Crippen molar-refractivity contribution in [1.82, 2.24) is 9.21 Å². The molecule has 0 saturated carbocycles. The molecule has 0 unspecified atom stereocenters. The molecule has 2 aliphatic heterocycles. The van der Waals surface area contributed by atoms with Crippen molar-refractivity contribution < 1.29 is 22.3 Å². The van der Waals surface area contributed by atoms with Gasteiger partial charge in [0.1, 0.15) is 16.5 Å². The van der Waals surface area contributed by atoms with Gasteiger partial charge in [-0.1, -0.05) is 23.7 Å². The number of ether oxygens (including phenoxy) is 1. The fraction of sp³-hybridized carbons (Fsp3) is 0.435. The lowest BCUT2D eigenvalue weighted by Gasteiger charge is -2.39. The van der Waals surface area contributed by atoms with Crippen molar-refractivity contribution in [2.45, 2.75) is 17.7 Å². The second-order valence-corrected chi connectivity index (χ2v) is 10.6. The van der Waals surface area contributed by atoms with Crippen LogP contribution in [0.4, 0.5) is 10.1 Å². The van der Waals surface area contributed by atoms with Gasteiger partial charge in [0.05, 0.1) is 18.7 Å². The Bertz CT molecular complexity index is 1120. The first kappa shape index (κ1) is 23.8. The van der Waals surface area contributed by atoms with Crippen LogP contribution < -0.4 is 9.64 Å². The molecule has 0 N–H and O–H groups in total. The highest BCUT2D eigenvalue weighted by Crippen LogP contribution is 2.32. The number of carbonyl (C=O) groups excluding carboxylic acids is 1. The monoisotopic (exact) mass is 495 g/mol. The molecule has 0 radical (unpaired) electrons. The zero-order valence-corrected chi connectivity index (χ0v) is 20.0. The topological polar surface area (TPSA) is 70.2 Å². The number of hydrogen-bond acceptors (Lipinski definition) is 5. The predicted octanol–water partition coefficient (Wildman–Crippen LogP) is 3.24. The molecule has 2 heterocycles. The first-order chi connectivity index (χ1) is 15.8. The number of sulfonamides is 1. The van der Waals surface area contributed by atoms with Crippen molar-refractivity contribution in [2.75, 3.05) is 51.3 Å². The highest BCUT2D eigenvalue weighted by molar-refractivity contribution is 7.89. The van der Waals surface area contributed by atoms with Crippen molar-refractivity contribution in [2.24, 2.45) is 5.92 Å². The largest absolute Gasteiger partial charge is 0.495 e. The molecule has 4 rings (SSSR count). The van der Waals surface area contributed by atoms with Crippen LogP contribution in [0.3, 0.4) is 0 Å². The van der Waals surface area contributed by atoms with Crippen LogP contribution in [0.25, 0.3) is 0 Å². The maximum atomic E-state index is 14.1. The summed E-state index contributed by atoms with van der Waals surface area (Å²) in [5.74, 6) is -0.529. The van der Waals surface area contributed by atoms with E-state index in [9.17, 15) is 17.6 Å². The molecule has 0 bridgehead atoms. The number of piperidine rings is 1. The lowest BCUT2D eigenvalue weighted by Crippen LogP contribution is -2.53. The number of rotatable bonds is 5. The highest BCUT2D eigenvalue weighted by Gasteiger charge is 2.37. The van der Waals surface area contributed by atoms with E-state index in [1.807, 2.05) is 4.90 Å². The zero-order valence-electron chi connectivity index (χ0n) is 18.4. The molecular formula is C23H27ClFN3O4S. The molecular weight excluding hydrogens is 469 g/mol. The average molecular weight is 496 g/mol. The quantitative estimate of drug-likeness (QED) is 0.637. The molecule has 10 heteroatoms. The molecule has 2 aromatic carbocycles. The van der Waals surface area contributed by atoms with Gasteiger partial charge in [0.15, 0.2) is 0 Å². The maximum Gasteiger partial charge on any atom is 0.246 e. The summed E-state index contributed by atoms with van der Waals surface area (Å²) in [4.78, 5) is 16.9. The molecule has 33 heavy (non-hydrogen) atoms. The van der Waals surface area contributed by atoms with Gasteiger partial charge in [0.2, 0.25) is 15.9 Å². The van der Waals surface area contributed by atoms with Crippen LogP contribution in [0.5, 0.6) is 5.75 Å². The van der Waals surface area contributed by atoms with E-state index in [-0.39, 0.29) is 28.9 Å². The minimum Gasteiger partial charge on any atom is -0.495 e. The summed E-state index contributed by atoms with van der Waals surface area (Å²) in [7, 11) is -2.46. The molecule has 178 valence electrons. The normalized spacial score (nSPS) is 20.0. The number of para-hydroxylation sites is 1. The Labute approximate surface area is 198 Å². The van der Waals surface area contributed by atoms with Gasteiger partial charge in [0, 0.05) is 44.3 Å². The number of carbonyl (C=O) groups is 1. The maximum absolute atomic E-state index is 14.1. The molecule has 7 nitrogen and oxygen atoms in total. The average Bonchev–Trinajstić information content (AvgIpc) is 2.84. The molecule has 2 aliphatic rings. The van der Waals surface area contributed by atoms with Gasteiger partial charge in [-0.3, -0.25) is 4.79 Å². The predicted molar refractivity (Wildman–Crippen MR) is 125 cm³/mol. The summed E-state index contributed by atoms with van der Waals surface area (Å²) in [6, 6.07) is 11.1. The highest BCUT2D eigenvalue weighted by atomic mass is 35.5. The number of anilines is 1. The SMILES string of the molecule is COc1ccc(Cl)cc1S(=O)(=O)N1CCC[C@@H](C(=O)N2CCN(c3ccccc3F)CC2)C1. The summed E-state index contributed by atoms with van der Waals surface area (Å²) < 4.78 is 47.3. The van der Waals surface area contributed by atoms with Gasteiger partial charge < -0.3 is 14.5 Å². The third kappa shape index (κ3) is 4.95. The first-order valence-electron chi connectivity index (χ1n) is 10.9. The van der Waals surface area contributed by atoms with E-state index in [4.69, 9.17) is 16.3 Å². The van der Waals surface area contributed by atoms with Crippen molar-refractivity contribution in [3.05, 3.63) is 53.3 Å². The Kier molecular flexibility index (Phi) is 7.11. The Hall–Kier alpha value is -2.36. The van der Waals surface area contributed by atoms with Crippen LogP contribution >= 0.6 is 11.6 Å². The number of benzene rings is 2. The van der Waals surface area contributed by atoms with Crippen LogP contribution in [0, 0.1) is 11.7 Å². The lowest BCUT2D eigenvalue weighted by atomic mass is 9.97. The van der Waals surface area contributed by atoms with E-state index in [1.165, 1.54) is 29.6 Å². The molecule has 2 fully saturated rings. The number of piperazine rings is 1. The van der Waals surface area contributed by atoms with Crippen molar-refractivity contribution >= 4 is 33.2 Å². The molecule has 2 saturated heterocycles. The molecule has 1 atom stereocenters. The number of nitrogens with zero attached hydrogens (tertiary/aromatic N) is 3. The third-order valence-electron chi connectivity index (χ3n) is 6.26. The summed E-state index contributed by atoms with van der Waals surface area (Å²) >= 11 is 6.04. The molecule has 0 aromatic heterocycles. The standard InChI is InChI=1S/C23H27ClFN3O4S/c1-32-21-9-8-18(24)15-22(21)33(30,31)28-10-4-5-17(16-28)23(29)27-13-11-26(12-14-27)20-7-3-2-6-19(20)25/h2-3,6-9,15,17H,4-5,10-14,16H2,1H3/t17-/m1/s1. The Balaban J connectivity index is 1.43. The van der Waals surface area contributed by atoms with E-state index in [0.717, 1.165) is 0 Å². The number of hydrogen-bond donors (Lipinski definition) is 0. The van der Waals surface area contributed by atoms with Gasteiger partial charge in [0.25, 0.3) is 0 Å². The van der Waals surface area contributed by atoms with Crippen LogP contribution in [0.2, 0.25) is 5.02 Å². The number of halogens is 2. The lowest BCUT2D eigenvalue weighted by molar-refractivity contribution is -0.137. The van der Waals surface area contributed by atoms with E-state index in [0.29, 0.717) is 56.3 Å². The van der Waals surface area contributed by atoms with Crippen LogP contribution in [-0.2, 0) is 14.8 Å². The van der Waals surface area contributed by atoms with E-state index < -0.39 is 15.9 Å². The summed E-state index contributed by atoms with van der Waals surface area (Å²) in [6.45, 7) is 2.45. The molecule has 0 aliphatic carbocycles. The number of amides is 1. The fourth-order valence-corrected chi connectivity index (χ4v) is 6.43. The number of methoxy groups -OCH3 is 1. The van der Waals surface area contributed by atoms with Gasteiger partial charge in [-0.25, -0.2) is 12.8 Å².